The lowest BCUT2D eigenvalue weighted by Gasteiger charge is -2.06. The van der Waals surface area contributed by atoms with Gasteiger partial charge in [0.2, 0.25) is 0 Å². The molecule has 0 aliphatic heterocycles. The highest BCUT2D eigenvalue weighted by Gasteiger charge is 2.15. The van der Waals surface area contributed by atoms with E-state index in [9.17, 15) is 0 Å². The summed E-state index contributed by atoms with van der Waals surface area (Å²) in [4.78, 5) is 0. The molecule has 0 radical (unpaired) electrons. The highest BCUT2D eigenvalue weighted by Crippen LogP contribution is 2.31. The molecule has 2 rings (SSSR count). The Balaban J connectivity index is 2.59. The smallest absolute Gasteiger partial charge is 0.134 e. The Kier molecular flexibility index (Phi) is 2.88. The van der Waals surface area contributed by atoms with Crippen molar-refractivity contribution >= 4 is 11.0 Å². The van der Waals surface area contributed by atoms with Gasteiger partial charge in [-0.05, 0) is 39.1 Å². The zero-order chi connectivity index (χ0) is 11.7. The van der Waals surface area contributed by atoms with E-state index in [0.29, 0.717) is 0 Å². The predicted octanol–water partition coefficient (Wildman–Crippen LogP) is 3.03. The average Bonchev–Trinajstić information content (AvgIpc) is 2.65. The Morgan fingerprint density at radius 2 is 2.12 bits per heavy atom. The van der Waals surface area contributed by atoms with Crippen molar-refractivity contribution < 1.29 is 9.15 Å². The molecule has 1 aromatic carbocycles. The minimum atomic E-state index is 0.221. The molecule has 0 spiro atoms. The lowest BCUT2D eigenvalue weighted by atomic mass is 10.1. The summed E-state index contributed by atoms with van der Waals surface area (Å²) in [6, 6.07) is 6.10. The van der Waals surface area contributed by atoms with E-state index in [2.05, 4.69) is 19.2 Å². The molecule has 16 heavy (non-hydrogen) atoms. The molecular weight excluding hydrogens is 202 g/mol. The average molecular weight is 219 g/mol. The van der Waals surface area contributed by atoms with Crippen molar-refractivity contribution in [2.24, 2.45) is 0 Å². The third-order valence-electron chi connectivity index (χ3n) is 3.01. The van der Waals surface area contributed by atoms with Gasteiger partial charge in [-0.15, -0.1) is 0 Å². The number of nitrogens with one attached hydrogen (secondary N) is 1. The second-order valence-electron chi connectivity index (χ2n) is 3.96. The van der Waals surface area contributed by atoms with Crippen molar-refractivity contribution in [1.82, 2.24) is 5.32 Å². The van der Waals surface area contributed by atoms with Crippen molar-refractivity contribution in [3.05, 3.63) is 29.5 Å². The topological polar surface area (TPSA) is 34.4 Å². The quantitative estimate of drug-likeness (QED) is 0.861. The second kappa shape index (κ2) is 4.18. The van der Waals surface area contributed by atoms with Crippen LogP contribution in [0.15, 0.2) is 22.6 Å². The first-order valence-corrected chi connectivity index (χ1v) is 5.41. The van der Waals surface area contributed by atoms with Crippen LogP contribution in [-0.4, -0.2) is 14.2 Å². The SMILES string of the molecule is CNC(C)c1oc2ccc(OC)cc2c1C. The Hall–Kier alpha value is -1.48. The first kappa shape index (κ1) is 11.0. The van der Waals surface area contributed by atoms with Gasteiger partial charge in [-0.1, -0.05) is 0 Å². The number of aryl methyl sites for hydroxylation is 1. The Morgan fingerprint density at radius 1 is 1.38 bits per heavy atom. The maximum Gasteiger partial charge on any atom is 0.134 e. The molecule has 1 unspecified atom stereocenters. The molecule has 0 saturated carbocycles. The number of fused-ring (bicyclic) bond motifs is 1. The van der Waals surface area contributed by atoms with Crippen LogP contribution in [0.4, 0.5) is 0 Å². The fraction of sp³-hybridized carbons (Fsp3) is 0.385. The highest BCUT2D eigenvalue weighted by atomic mass is 16.5. The number of benzene rings is 1. The van der Waals surface area contributed by atoms with Crippen LogP contribution in [0.1, 0.15) is 24.3 Å². The Morgan fingerprint density at radius 3 is 2.75 bits per heavy atom. The fourth-order valence-electron chi connectivity index (χ4n) is 1.89. The summed E-state index contributed by atoms with van der Waals surface area (Å²) in [6.07, 6.45) is 0. The molecule has 86 valence electrons. The standard InChI is InChI=1S/C13H17NO2/c1-8-11-7-10(15-4)5-6-12(11)16-13(8)9(2)14-3/h5-7,9,14H,1-4H3. The number of rotatable bonds is 3. The van der Waals surface area contributed by atoms with Crippen molar-refractivity contribution in [3.63, 3.8) is 0 Å². The molecule has 0 fully saturated rings. The van der Waals surface area contributed by atoms with Crippen molar-refractivity contribution in [2.75, 3.05) is 14.2 Å². The van der Waals surface area contributed by atoms with Crippen molar-refractivity contribution in [3.8, 4) is 5.75 Å². The maximum atomic E-state index is 5.83. The first-order valence-electron chi connectivity index (χ1n) is 5.41. The molecule has 1 atom stereocenters. The number of methoxy groups -OCH3 is 1. The molecule has 3 nitrogen and oxygen atoms in total. The summed E-state index contributed by atoms with van der Waals surface area (Å²) in [5.41, 5.74) is 2.09. The predicted molar refractivity (Wildman–Crippen MR) is 65.0 cm³/mol. The molecule has 0 aliphatic rings. The van der Waals surface area contributed by atoms with Gasteiger partial charge in [-0.3, -0.25) is 0 Å². The minimum Gasteiger partial charge on any atom is -0.497 e. The molecule has 1 aromatic heterocycles. The van der Waals surface area contributed by atoms with Gasteiger partial charge in [0.1, 0.15) is 17.1 Å². The van der Waals surface area contributed by atoms with E-state index in [-0.39, 0.29) is 6.04 Å². The lowest BCUT2D eigenvalue weighted by Crippen LogP contribution is -2.12. The van der Waals surface area contributed by atoms with Crippen LogP contribution in [0.5, 0.6) is 5.75 Å². The number of hydrogen-bond donors (Lipinski definition) is 1. The molecule has 3 heteroatoms. The van der Waals surface area contributed by atoms with E-state index in [0.717, 1.165) is 22.5 Å². The van der Waals surface area contributed by atoms with Crippen molar-refractivity contribution in [1.29, 1.82) is 0 Å². The van der Waals surface area contributed by atoms with Gasteiger partial charge in [-0.2, -0.15) is 0 Å². The van der Waals surface area contributed by atoms with Crippen LogP contribution in [0.3, 0.4) is 0 Å². The van der Waals surface area contributed by atoms with Gasteiger partial charge in [0.05, 0.1) is 13.2 Å². The first-order chi connectivity index (χ1) is 7.67. The van der Waals surface area contributed by atoms with E-state index in [1.807, 2.05) is 25.2 Å². The molecule has 0 saturated heterocycles. The van der Waals surface area contributed by atoms with Crippen molar-refractivity contribution in [2.45, 2.75) is 19.9 Å². The van der Waals surface area contributed by atoms with E-state index < -0.39 is 0 Å². The highest BCUT2D eigenvalue weighted by molar-refractivity contribution is 5.83. The van der Waals surface area contributed by atoms with Gasteiger partial charge >= 0.3 is 0 Å². The zero-order valence-corrected chi connectivity index (χ0v) is 10.1. The third kappa shape index (κ3) is 1.67. The number of ether oxygens (including phenoxy) is 1. The molecule has 1 heterocycles. The van der Waals surface area contributed by atoms with Gasteiger partial charge in [-0.25, -0.2) is 0 Å². The largest absolute Gasteiger partial charge is 0.497 e. The number of hydrogen-bond acceptors (Lipinski definition) is 3. The summed E-state index contributed by atoms with van der Waals surface area (Å²) in [7, 11) is 3.60. The van der Waals surface area contributed by atoms with E-state index >= 15 is 0 Å². The van der Waals surface area contributed by atoms with Crippen LogP contribution >= 0.6 is 0 Å². The normalized spacial score (nSPS) is 13.0. The molecule has 0 bridgehead atoms. The van der Waals surface area contributed by atoms with E-state index in [1.165, 1.54) is 5.56 Å². The number of furan rings is 1. The summed E-state index contributed by atoms with van der Waals surface area (Å²) in [5, 5.41) is 4.31. The Bertz CT molecular complexity index is 502. The maximum absolute atomic E-state index is 5.83. The molecular formula is C13H17NO2. The van der Waals surface area contributed by atoms with Crippen LogP contribution in [0.2, 0.25) is 0 Å². The minimum absolute atomic E-state index is 0.221. The van der Waals surface area contributed by atoms with E-state index in [1.54, 1.807) is 7.11 Å². The van der Waals surface area contributed by atoms with Crippen LogP contribution in [0, 0.1) is 6.92 Å². The van der Waals surface area contributed by atoms with Gasteiger partial charge in [0.25, 0.3) is 0 Å². The van der Waals surface area contributed by atoms with Gasteiger partial charge < -0.3 is 14.5 Å². The second-order valence-corrected chi connectivity index (χ2v) is 3.96. The molecule has 1 N–H and O–H groups in total. The van der Waals surface area contributed by atoms with E-state index in [4.69, 9.17) is 9.15 Å². The third-order valence-corrected chi connectivity index (χ3v) is 3.01. The van der Waals surface area contributed by atoms with Gasteiger partial charge in [0, 0.05) is 10.9 Å². The molecule has 0 amide bonds. The Labute approximate surface area is 95.4 Å². The summed E-state index contributed by atoms with van der Waals surface area (Å²) in [5.74, 6) is 1.85. The van der Waals surface area contributed by atoms with Crippen LogP contribution in [0.25, 0.3) is 11.0 Å². The molecule has 0 aliphatic carbocycles. The molecule has 2 aromatic rings. The fourth-order valence-corrected chi connectivity index (χ4v) is 1.89. The summed E-state index contributed by atoms with van der Waals surface area (Å²) < 4.78 is 11.0. The van der Waals surface area contributed by atoms with Crippen LogP contribution < -0.4 is 10.1 Å². The lowest BCUT2D eigenvalue weighted by molar-refractivity contribution is 0.415. The van der Waals surface area contributed by atoms with Gasteiger partial charge in [0.15, 0.2) is 0 Å². The monoisotopic (exact) mass is 219 g/mol. The summed E-state index contributed by atoms with van der Waals surface area (Å²) >= 11 is 0. The zero-order valence-electron chi connectivity index (χ0n) is 10.1. The summed E-state index contributed by atoms with van der Waals surface area (Å²) in [6.45, 7) is 4.16. The van der Waals surface area contributed by atoms with Crippen LogP contribution in [-0.2, 0) is 0 Å².